The molecule has 0 saturated carbocycles. The van der Waals surface area contributed by atoms with Gasteiger partial charge in [-0.05, 0) is 43.2 Å². The number of anilines is 1. The van der Waals surface area contributed by atoms with Gasteiger partial charge in [-0.2, -0.15) is 4.31 Å². The van der Waals surface area contributed by atoms with Crippen molar-refractivity contribution in [1.29, 1.82) is 0 Å². The van der Waals surface area contributed by atoms with Crippen molar-refractivity contribution in [3.63, 3.8) is 0 Å². The lowest BCUT2D eigenvalue weighted by Gasteiger charge is -2.16. The van der Waals surface area contributed by atoms with E-state index < -0.39 is 20.9 Å². The second kappa shape index (κ2) is 8.36. The molecule has 9 nitrogen and oxygen atoms in total. The normalized spacial score (nSPS) is 14.6. The number of hydrogen-bond acceptors (Lipinski definition) is 6. The summed E-state index contributed by atoms with van der Waals surface area (Å²) in [6, 6.07) is 11.4. The predicted molar refractivity (Wildman–Crippen MR) is 102 cm³/mol. The minimum atomic E-state index is -3.57. The minimum Gasteiger partial charge on any atom is -0.484 e. The van der Waals surface area contributed by atoms with E-state index in [0.29, 0.717) is 24.5 Å². The summed E-state index contributed by atoms with van der Waals surface area (Å²) in [6.07, 6.45) is 1.69. The molecule has 1 amide bonds. The first-order chi connectivity index (χ1) is 13.4. The maximum absolute atomic E-state index is 12.6. The molecule has 0 spiro atoms. The van der Waals surface area contributed by atoms with Crippen LogP contribution in [0.15, 0.2) is 53.4 Å². The van der Waals surface area contributed by atoms with Crippen molar-refractivity contribution in [2.45, 2.75) is 17.7 Å². The van der Waals surface area contributed by atoms with E-state index >= 15 is 0 Å². The third kappa shape index (κ3) is 4.65. The highest BCUT2D eigenvalue weighted by molar-refractivity contribution is 7.89. The zero-order valence-electron chi connectivity index (χ0n) is 14.9. The number of nitrogens with one attached hydrogen (secondary N) is 1. The highest BCUT2D eigenvalue weighted by Crippen LogP contribution is 2.23. The Kier molecular flexibility index (Phi) is 5.90. The molecule has 1 heterocycles. The molecular formula is C18H19N3O6S. The van der Waals surface area contributed by atoms with E-state index in [0.717, 1.165) is 12.8 Å². The van der Waals surface area contributed by atoms with Gasteiger partial charge in [-0.3, -0.25) is 14.9 Å². The van der Waals surface area contributed by atoms with Crippen molar-refractivity contribution in [2.24, 2.45) is 0 Å². The molecule has 2 aromatic rings. The zero-order valence-corrected chi connectivity index (χ0v) is 15.7. The van der Waals surface area contributed by atoms with Gasteiger partial charge in [0.05, 0.1) is 9.82 Å². The van der Waals surface area contributed by atoms with E-state index in [1.807, 2.05) is 0 Å². The van der Waals surface area contributed by atoms with Gasteiger partial charge in [0.2, 0.25) is 10.0 Å². The molecule has 1 fully saturated rings. The fourth-order valence-corrected chi connectivity index (χ4v) is 4.39. The molecule has 10 heteroatoms. The van der Waals surface area contributed by atoms with Crippen LogP contribution in [0, 0.1) is 10.1 Å². The number of nitro benzene ring substituents is 1. The van der Waals surface area contributed by atoms with Crippen LogP contribution < -0.4 is 10.1 Å². The van der Waals surface area contributed by atoms with E-state index in [9.17, 15) is 23.3 Å². The summed E-state index contributed by atoms with van der Waals surface area (Å²) in [5, 5.41) is 13.2. The van der Waals surface area contributed by atoms with Crippen molar-refractivity contribution in [1.82, 2.24) is 4.31 Å². The molecule has 148 valence electrons. The monoisotopic (exact) mass is 405 g/mol. The fraction of sp³-hybridized carbons (Fsp3) is 0.278. The molecule has 3 rings (SSSR count). The number of carbonyl (C=O) groups excluding carboxylic acids is 1. The number of amides is 1. The van der Waals surface area contributed by atoms with Gasteiger partial charge >= 0.3 is 0 Å². The van der Waals surface area contributed by atoms with Crippen LogP contribution in [-0.4, -0.2) is 43.2 Å². The Bertz CT molecular complexity index is 969. The number of sulfonamides is 1. The second-order valence-corrected chi connectivity index (χ2v) is 8.16. The standard InChI is InChI=1S/C18H19N3O6S/c22-18(13-27-16-8-6-15(7-9-16)21(23)24)19-14-4-3-5-17(12-14)28(25,26)20-10-1-2-11-20/h3-9,12H,1-2,10-11,13H2,(H,19,22). The van der Waals surface area contributed by atoms with Crippen molar-refractivity contribution in [3.05, 3.63) is 58.6 Å². The molecule has 1 aliphatic rings. The third-order valence-corrected chi connectivity index (χ3v) is 6.13. The molecule has 0 atom stereocenters. The highest BCUT2D eigenvalue weighted by Gasteiger charge is 2.27. The van der Waals surface area contributed by atoms with Gasteiger partial charge in [-0.1, -0.05) is 6.07 Å². The number of rotatable bonds is 7. The summed E-state index contributed by atoms with van der Waals surface area (Å²) in [7, 11) is -3.57. The number of non-ortho nitro benzene ring substituents is 1. The maximum atomic E-state index is 12.6. The Morgan fingerprint density at radius 3 is 2.46 bits per heavy atom. The summed E-state index contributed by atoms with van der Waals surface area (Å²) in [5.74, 6) is -0.166. The van der Waals surface area contributed by atoms with Crippen molar-refractivity contribution >= 4 is 27.3 Å². The average molecular weight is 405 g/mol. The Morgan fingerprint density at radius 1 is 1.14 bits per heavy atom. The maximum Gasteiger partial charge on any atom is 0.269 e. The highest BCUT2D eigenvalue weighted by atomic mass is 32.2. The second-order valence-electron chi connectivity index (χ2n) is 6.23. The van der Waals surface area contributed by atoms with Crippen LogP contribution in [0.4, 0.5) is 11.4 Å². The van der Waals surface area contributed by atoms with Crippen LogP contribution in [0.3, 0.4) is 0 Å². The molecule has 28 heavy (non-hydrogen) atoms. The van der Waals surface area contributed by atoms with Gasteiger partial charge < -0.3 is 10.1 Å². The minimum absolute atomic E-state index is 0.0761. The molecule has 0 aliphatic carbocycles. The van der Waals surface area contributed by atoms with Crippen molar-refractivity contribution < 1.29 is 22.9 Å². The Balaban J connectivity index is 1.60. The van der Waals surface area contributed by atoms with Crippen LogP contribution in [0.1, 0.15) is 12.8 Å². The molecule has 0 bridgehead atoms. The lowest BCUT2D eigenvalue weighted by atomic mass is 10.3. The zero-order chi connectivity index (χ0) is 20.1. The molecule has 0 unspecified atom stereocenters. The number of carbonyl (C=O) groups is 1. The van der Waals surface area contributed by atoms with Crippen LogP contribution in [0.25, 0.3) is 0 Å². The molecule has 2 aromatic carbocycles. The van der Waals surface area contributed by atoms with Crippen LogP contribution in [0.5, 0.6) is 5.75 Å². The predicted octanol–water partition coefficient (Wildman–Crippen LogP) is 2.40. The summed E-state index contributed by atoms with van der Waals surface area (Å²) >= 11 is 0. The lowest BCUT2D eigenvalue weighted by molar-refractivity contribution is -0.384. The Morgan fingerprint density at radius 2 is 1.82 bits per heavy atom. The van der Waals surface area contributed by atoms with Gasteiger partial charge in [-0.15, -0.1) is 0 Å². The molecule has 0 aromatic heterocycles. The molecule has 0 radical (unpaired) electrons. The third-order valence-electron chi connectivity index (χ3n) is 4.24. The van der Waals surface area contributed by atoms with E-state index in [4.69, 9.17) is 4.74 Å². The summed E-state index contributed by atoms with van der Waals surface area (Å²) in [4.78, 5) is 22.3. The largest absolute Gasteiger partial charge is 0.484 e. The number of ether oxygens (including phenoxy) is 1. The molecule has 1 saturated heterocycles. The first-order valence-electron chi connectivity index (χ1n) is 8.63. The topological polar surface area (TPSA) is 119 Å². The van der Waals surface area contributed by atoms with Crippen LogP contribution in [0.2, 0.25) is 0 Å². The van der Waals surface area contributed by atoms with Gasteiger partial charge in [0, 0.05) is 30.9 Å². The Hall–Kier alpha value is -2.98. The molecular weight excluding hydrogens is 386 g/mol. The summed E-state index contributed by atoms with van der Waals surface area (Å²) < 4.78 is 31.9. The Labute approximate surface area is 162 Å². The average Bonchev–Trinajstić information content (AvgIpc) is 3.22. The fourth-order valence-electron chi connectivity index (χ4n) is 2.82. The van der Waals surface area contributed by atoms with E-state index in [1.165, 1.54) is 40.7 Å². The number of nitrogens with zero attached hydrogens (tertiary/aromatic N) is 2. The van der Waals surface area contributed by atoms with E-state index in [2.05, 4.69) is 5.32 Å². The molecule has 1 N–H and O–H groups in total. The number of hydrogen-bond donors (Lipinski definition) is 1. The lowest BCUT2D eigenvalue weighted by Crippen LogP contribution is -2.28. The van der Waals surface area contributed by atoms with Crippen molar-refractivity contribution in [2.75, 3.05) is 25.0 Å². The molecule has 1 aliphatic heterocycles. The van der Waals surface area contributed by atoms with Crippen molar-refractivity contribution in [3.8, 4) is 5.75 Å². The van der Waals surface area contributed by atoms with Crippen LogP contribution >= 0.6 is 0 Å². The number of benzene rings is 2. The van der Waals surface area contributed by atoms with Gasteiger partial charge in [-0.25, -0.2) is 8.42 Å². The van der Waals surface area contributed by atoms with E-state index in [-0.39, 0.29) is 17.2 Å². The van der Waals surface area contributed by atoms with Gasteiger partial charge in [0.1, 0.15) is 5.75 Å². The smallest absolute Gasteiger partial charge is 0.269 e. The first kappa shape index (κ1) is 19.8. The van der Waals surface area contributed by atoms with Gasteiger partial charge in [0.25, 0.3) is 11.6 Å². The van der Waals surface area contributed by atoms with Gasteiger partial charge in [0.15, 0.2) is 6.61 Å². The SMILES string of the molecule is O=C(COc1ccc([N+](=O)[O-])cc1)Nc1cccc(S(=O)(=O)N2CCCC2)c1. The summed E-state index contributed by atoms with van der Waals surface area (Å²) in [5.41, 5.74) is 0.269. The summed E-state index contributed by atoms with van der Waals surface area (Å²) in [6.45, 7) is 0.685. The number of nitro groups is 1. The first-order valence-corrected chi connectivity index (χ1v) is 10.1. The quantitative estimate of drug-likeness (QED) is 0.558. The van der Waals surface area contributed by atoms with E-state index in [1.54, 1.807) is 12.1 Å². The van der Waals surface area contributed by atoms with Crippen LogP contribution in [-0.2, 0) is 14.8 Å².